The molecular formula is C33H41N7O4. The first-order chi connectivity index (χ1) is 21.1. The minimum Gasteiger partial charge on any atom is -0.444 e. The molecule has 0 spiro atoms. The summed E-state index contributed by atoms with van der Waals surface area (Å²) in [5.74, 6) is 0.798. The first-order valence-electron chi connectivity index (χ1n) is 15.7. The third kappa shape index (κ3) is 6.61. The zero-order chi connectivity index (χ0) is 31.0. The molecular weight excluding hydrogens is 558 g/mol. The number of hydrogen-bond acceptors (Lipinski definition) is 7. The van der Waals surface area contributed by atoms with Gasteiger partial charge in [-0.25, -0.2) is 19.8 Å². The number of benzene rings is 1. The molecule has 0 atom stereocenters. The lowest BCUT2D eigenvalue weighted by Crippen LogP contribution is -2.50. The summed E-state index contributed by atoms with van der Waals surface area (Å²) in [7, 11) is 0. The predicted octanol–water partition coefficient (Wildman–Crippen LogP) is 5.02. The number of rotatable bonds is 8. The van der Waals surface area contributed by atoms with Crippen LogP contribution in [-0.4, -0.2) is 84.9 Å². The van der Waals surface area contributed by atoms with Gasteiger partial charge >= 0.3 is 6.09 Å². The molecule has 2 saturated carbocycles. The second-order valence-corrected chi connectivity index (χ2v) is 13.0. The van der Waals surface area contributed by atoms with Crippen molar-refractivity contribution in [2.24, 2.45) is 0 Å². The number of aromatic nitrogens is 4. The quantitative estimate of drug-likeness (QED) is 0.357. The minimum absolute atomic E-state index is 0.0585. The molecule has 1 aromatic carbocycles. The maximum Gasteiger partial charge on any atom is 0.410 e. The van der Waals surface area contributed by atoms with E-state index in [0.717, 1.165) is 36.9 Å². The average Bonchev–Trinajstić information content (AvgIpc) is 3.97. The largest absolute Gasteiger partial charge is 0.444 e. The van der Waals surface area contributed by atoms with Crippen molar-refractivity contribution >= 4 is 17.9 Å². The van der Waals surface area contributed by atoms with E-state index in [1.807, 2.05) is 57.0 Å². The molecule has 11 heteroatoms. The fraction of sp³-hybridized carbons (Fsp3) is 0.515. The van der Waals surface area contributed by atoms with Crippen molar-refractivity contribution in [3.8, 4) is 11.4 Å². The molecule has 3 amide bonds. The third-order valence-electron chi connectivity index (χ3n) is 8.35. The maximum absolute atomic E-state index is 13.6. The third-order valence-corrected chi connectivity index (χ3v) is 8.35. The zero-order valence-electron chi connectivity index (χ0n) is 26.0. The summed E-state index contributed by atoms with van der Waals surface area (Å²) < 4.78 is 5.53. The Morgan fingerprint density at radius 2 is 1.50 bits per heavy atom. The van der Waals surface area contributed by atoms with E-state index in [1.54, 1.807) is 39.2 Å². The zero-order valence-corrected chi connectivity index (χ0v) is 26.0. The lowest BCUT2D eigenvalue weighted by Gasteiger charge is -2.39. The number of piperidine rings is 1. The van der Waals surface area contributed by atoms with E-state index in [2.05, 4.69) is 15.1 Å². The van der Waals surface area contributed by atoms with Crippen LogP contribution in [0.2, 0.25) is 0 Å². The van der Waals surface area contributed by atoms with Gasteiger partial charge in [-0.15, -0.1) is 0 Å². The maximum atomic E-state index is 13.6. The molecule has 3 aliphatic rings. The van der Waals surface area contributed by atoms with E-state index >= 15 is 0 Å². The van der Waals surface area contributed by atoms with Crippen molar-refractivity contribution in [2.75, 3.05) is 24.6 Å². The SMILES string of the molecule is CCN(C(=O)c1ccc(-c2ncc(C(=O)N(C3CC3)C3CCN(C(=O)OC(C)(C)C)CC3)cn2)cc1)n1ccc(C2CC2)n1. The molecule has 2 aliphatic carbocycles. The predicted molar refractivity (Wildman–Crippen MR) is 165 cm³/mol. The minimum atomic E-state index is -0.536. The molecule has 11 nitrogen and oxygen atoms in total. The number of carbonyl (C=O) groups excluding carboxylic acids is 3. The fourth-order valence-electron chi connectivity index (χ4n) is 5.72. The molecule has 1 saturated heterocycles. The number of amides is 3. The standard InChI is InChI=1S/C33H41N7O4/c1-5-38(39-19-16-28(36-39)22-6-7-22)30(41)24-10-8-23(9-11-24)29-34-20-25(21-35-29)31(42)40(26-12-13-26)27-14-17-37(18-15-27)32(43)44-33(2,3)4/h8-11,16,19-22,26-27H,5-7,12-15,17-18H2,1-4H3. The Morgan fingerprint density at radius 3 is 2.07 bits per heavy atom. The lowest BCUT2D eigenvalue weighted by atomic mass is 10.0. The van der Waals surface area contributed by atoms with Gasteiger partial charge in [0.15, 0.2) is 5.82 Å². The van der Waals surface area contributed by atoms with Crippen LogP contribution in [0.4, 0.5) is 4.79 Å². The van der Waals surface area contributed by atoms with Crippen molar-refractivity contribution in [1.82, 2.24) is 29.7 Å². The van der Waals surface area contributed by atoms with Crippen molar-refractivity contribution in [2.45, 2.75) is 89.8 Å². The lowest BCUT2D eigenvalue weighted by molar-refractivity contribution is 0.0142. The number of hydrogen-bond donors (Lipinski definition) is 0. The molecule has 0 bridgehead atoms. The van der Waals surface area contributed by atoms with E-state index in [4.69, 9.17) is 4.74 Å². The van der Waals surface area contributed by atoms with Gasteiger partial charge in [-0.05, 0) is 84.4 Å². The molecule has 0 N–H and O–H groups in total. The Morgan fingerprint density at radius 1 is 0.864 bits per heavy atom. The molecule has 6 rings (SSSR count). The van der Waals surface area contributed by atoms with Gasteiger partial charge in [0.05, 0.1) is 11.3 Å². The van der Waals surface area contributed by atoms with Crippen LogP contribution in [0.3, 0.4) is 0 Å². The highest BCUT2D eigenvalue weighted by atomic mass is 16.6. The first kappa shape index (κ1) is 29.8. The Labute approximate surface area is 258 Å². The van der Waals surface area contributed by atoms with Crippen LogP contribution in [0.15, 0.2) is 48.9 Å². The van der Waals surface area contributed by atoms with E-state index in [1.165, 1.54) is 0 Å². The summed E-state index contributed by atoms with van der Waals surface area (Å²) in [6.07, 6.45) is 10.4. The van der Waals surface area contributed by atoms with Crippen LogP contribution in [0.5, 0.6) is 0 Å². The Kier molecular flexibility index (Phi) is 8.13. The van der Waals surface area contributed by atoms with Crippen LogP contribution in [0.25, 0.3) is 11.4 Å². The Bertz CT molecular complexity index is 1500. The Hall–Kier alpha value is -4.28. The van der Waals surface area contributed by atoms with Gasteiger partial charge in [-0.3, -0.25) is 9.59 Å². The van der Waals surface area contributed by atoms with Crippen molar-refractivity contribution < 1.29 is 19.1 Å². The van der Waals surface area contributed by atoms with Gasteiger partial charge in [0, 0.05) is 67.4 Å². The molecule has 0 unspecified atom stereocenters. The molecule has 3 heterocycles. The highest BCUT2D eigenvalue weighted by molar-refractivity contribution is 6.01. The number of carbonyl (C=O) groups is 3. The molecule has 44 heavy (non-hydrogen) atoms. The van der Waals surface area contributed by atoms with Gasteiger partial charge in [0.1, 0.15) is 5.60 Å². The fourth-order valence-corrected chi connectivity index (χ4v) is 5.72. The highest BCUT2D eigenvalue weighted by Crippen LogP contribution is 2.39. The normalized spacial score (nSPS) is 17.3. The highest BCUT2D eigenvalue weighted by Gasteiger charge is 2.40. The molecule has 2 aromatic heterocycles. The van der Waals surface area contributed by atoms with E-state index in [0.29, 0.717) is 55.3 Å². The summed E-state index contributed by atoms with van der Waals surface area (Å²) in [4.78, 5) is 53.8. The van der Waals surface area contributed by atoms with E-state index in [-0.39, 0.29) is 30.0 Å². The van der Waals surface area contributed by atoms with Crippen molar-refractivity contribution in [3.05, 3.63) is 65.7 Å². The second-order valence-electron chi connectivity index (χ2n) is 13.0. The number of likely N-dealkylation sites (tertiary alicyclic amines) is 1. The summed E-state index contributed by atoms with van der Waals surface area (Å²) >= 11 is 0. The van der Waals surface area contributed by atoms with Gasteiger partial charge in [0.2, 0.25) is 0 Å². The van der Waals surface area contributed by atoms with Crippen LogP contribution in [0.1, 0.15) is 98.5 Å². The summed E-state index contributed by atoms with van der Waals surface area (Å²) in [5, 5.41) is 6.22. The topological polar surface area (TPSA) is 114 Å². The molecule has 3 fully saturated rings. The smallest absolute Gasteiger partial charge is 0.410 e. The molecule has 1 aliphatic heterocycles. The van der Waals surface area contributed by atoms with E-state index in [9.17, 15) is 14.4 Å². The summed E-state index contributed by atoms with van der Waals surface area (Å²) in [5.41, 5.74) is 2.25. The van der Waals surface area contributed by atoms with Gasteiger partial charge in [-0.1, -0.05) is 12.1 Å². The van der Waals surface area contributed by atoms with E-state index < -0.39 is 5.60 Å². The Balaban J connectivity index is 1.09. The molecule has 232 valence electrons. The van der Waals surface area contributed by atoms with Crippen LogP contribution in [0, 0.1) is 0 Å². The number of nitrogens with zero attached hydrogens (tertiary/aromatic N) is 7. The van der Waals surface area contributed by atoms with Gasteiger partial charge in [0.25, 0.3) is 11.8 Å². The molecule has 3 aromatic rings. The summed E-state index contributed by atoms with van der Waals surface area (Å²) in [6, 6.07) is 9.45. The van der Waals surface area contributed by atoms with Gasteiger partial charge < -0.3 is 14.5 Å². The first-order valence-corrected chi connectivity index (χ1v) is 15.7. The average molecular weight is 600 g/mol. The van der Waals surface area contributed by atoms with Crippen LogP contribution < -0.4 is 5.01 Å². The van der Waals surface area contributed by atoms with Gasteiger partial charge in [-0.2, -0.15) is 9.89 Å². The van der Waals surface area contributed by atoms with Crippen LogP contribution >= 0.6 is 0 Å². The van der Waals surface area contributed by atoms with Crippen molar-refractivity contribution in [1.29, 1.82) is 0 Å². The summed E-state index contributed by atoms with van der Waals surface area (Å²) in [6.45, 7) is 9.13. The monoisotopic (exact) mass is 599 g/mol. The van der Waals surface area contributed by atoms with Crippen molar-refractivity contribution in [3.63, 3.8) is 0 Å². The van der Waals surface area contributed by atoms with Crippen LogP contribution in [-0.2, 0) is 4.74 Å². The second kappa shape index (κ2) is 12.0. The molecule has 0 radical (unpaired) electrons. The number of ether oxygens (including phenoxy) is 1.